The third kappa shape index (κ3) is 4.37. The second-order valence-electron chi connectivity index (χ2n) is 5.66. The lowest BCUT2D eigenvalue weighted by atomic mass is 10.2. The molecule has 0 bridgehead atoms. The zero-order chi connectivity index (χ0) is 18.4. The van der Waals surface area contributed by atoms with Crippen LogP contribution in [0, 0.1) is 0 Å². The Balaban J connectivity index is 1.73. The van der Waals surface area contributed by atoms with Crippen LogP contribution in [0.5, 0.6) is 0 Å². The number of methoxy groups -OCH3 is 1. The summed E-state index contributed by atoms with van der Waals surface area (Å²) >= 11 is 0. The van der Waals surface area contributed by atoms with Gasteiger partial charge in [-0.2, -0.15) is 0 Å². The SMILES string of the molecule is COCCCNS(=O)(=O)c1ccc(-c2ncc(-c3ccccc3)o2)cc1. The molecule has 1 aromatic heterocycles. The average Bonchev–Trinajstić information content (AvgIpc) is 3.16. The molecule has 0 saturated carbocycles. The molecule has 0 aliphatic heterocycles. The van der Waals surface area contributed by atoms with Crippen LogP contribution in [-0.4, -0.2) is 33.7 Å². The number of ether oxygens (including phenoxy) is 1. The highest BCUT2D eigenvalue weighted by Gasteiger charge is 2.14. The predicted octanol–water partition coefficient (Wildman–Crippen LogP) is 3.32. The fourth-order valence-electron chi connectivity index (χ4n) is 2.43. The van der Waals surface area contributed by atoms with Crippen molar-refractivity contribution in [3.8, 4) is 22.8 Å². The number of hydrogen-bond acceptors (Lipinski definition) is 5. The van der Waals surface area contributed by atoms with Gasteiger partial charge in [-0.3, -0.25) is 0 Å². The van der Waals surface area contributed by atoms with Crippen LogP contribution in [0.25, 0.3) is 22.8 Å². The van der Waals surface area contributed by atoms with E-state index in [1.807, 2.05) is 30.3 Å². The smallest absolute Gasteiger partial charge is 0.240 e. The van der Waals surface area contributed by atoms with Crippen LogP contribution >= 0.6 is 0 Å². The molecule has 0 unspecified atom stereocenters. The minimum absolute atomic E-state index is 0.202. The second kappa shape index (κ2) is 8.27. The van der Waals surface area contributed by atoms with Gasteiger partial charge >= 0.3 is 0 Å². The van der Waals surface area contributed by atoms with Crippen LogP contribution in [0.4, 0.5) is 0 Å². The van der Waals surface area contributed by atoms with Crippen molar-refractivity contribution in [3.05, 3.63) is 60.8 Å². The minimum Gasteiger partial charge on any atom is -0.436 e. The van der Waals surface area contributed by atoms with Gasteiger partial charge in [-0.1, -0.05) is 30.3 Å². The summed E-state index contributed by atoms with van der Waals surface area (Å²) in [6, 6.07) is 16.1. The molecule has 136 valence electrons. The van der Waals surface area contributed by atoms with Crippen LogP contribution in [-0.2, 0) is 14.8 Å². The summed E-state index contributed by atoms with van der Waals surface area (Å²) < 4.78 is 37.7. The van der Waals surface area contributed by atoms with E-state index in [4.69, 9.17) is 9.15 Å². The Morgan fingerprint density at radius 2 is 1.77 bits per heavy atom. The van der Waals surface area contributed by atoms with Crippen molar-refractivity contribution in [1.29, 1.82) is 0 Å². The van der Waals surface area contributed by atoms with Gasteiger partial charge in [-0.15, -0.1) is 0 Å². The van der Waals surface area contributed by atoms with E-state index in [1.54, 1.807) is 37.6 Å². The Kier molecular flexibility index (Phi) is 5.82. The lowest BCUT2D eigenvalue weighted by Crippen LogP contribution is -2.25. The molecule has 0 saturated heterocycles. The minimum atomic E-state index is -3.53. The predicted molar refractivity (Wildman–Crippen MR) is 99.1 cm³/mol. The number of sulfonamides is 1. The zero-order valence-corrected chi connectivity index (χ0v) is 15.2. The first-order valence-corrected chi connectivity index (χ1v) is 9.69. The van der Waals surface area contributed by atoms with Crippen molar-refractivity contribution in [2.75, 3.05) is 20.3 Å². The fraction of sp³-hybridized carbons (Fsp3) is 0.211. The van der Waals surface area contributed by atoms with E-state index < -0.39 is 10.0 Å². The van der Waals surface area contributed by atoms with Gasteiger partial charge in [0.05, 0.1) is 11.1 Å². The molecule has 0 aliphatic rings. The molecule has 0 atom stereocenters. The summed E-state index contributed by atoms with van der Waals surface area (Å²) in [5, 5.41) is 0. The Labute approximate surface area is 152 Å². The zero-order valence-electron chi connectivity index (χ0n) is 14.4. The van der Waals surface area contributed by atoms with Crippen molar-refractivity contribution >= 4 is 10.0 Å². The third-order valence-electron chi connectivity index (χ3n) is 3.79. The normalized spacial score (nSPS) is 11.6. The van der Waals surface area contributed by atoms with E-state index in [2.05, 4.69) is 9.71 Å². The maximum atomic E-state index is 12.2. The molecule has 1 N–H and O–H groups in total. The lowest BCUT2D eigenvalue weighted by Gasteiger charge is -2.06. The number of nitrogens with zero attached hydrogens (tertiary/aromatic N) is 1. The quantitative estimate of drug-likeness (QED) is 0.614. The van der Waals surface area contributed by atoms with E-state index in [9.17, 15) is 8.42 Å². The molecule has 6 nitrogen and oxygen atoms in total. The van der Waals surface area contributed by atoms with Crippen molar-refractivity contribution in [2.24, 2.45) is 0 Å². The molecule has 3 aromatic rings. The van der Waals surface area contributed by atoms with Crippen LogP contribution in [0.3, 0.4) is 0 Å². The number of aromatic nitrogens is 1. The third-order valence-corrected chi connectivity index (χ3v) is 5.27. The van der Waals surface area contributed by atoms with E-state index in [0.717, 1.165) is 5.56 Å². The highest BCUT2D eigenvalue weighted by molar-refractivity contribution is 7.89. The summed E-state index contributed by atoms with van der Waals surface area (Å²) in [6.07, 6.45) is 2.28. The highest BCUT2D eigenvalue weighted by atomic mass is 32.2. The first-order chi connectivity index (χ1) is 12.6. The van der Waals surface area contributed by atoms with E-state index in [1.165, 1.54) is 0 Å². The maximum Gasteiger partial charge on any atom is 0.240 e. The van der Waals surface area contributed by atoms with Gasteiger partial charge in [0.2, 0.25) is 15.9 Å². The molecule has 1 heterocycles. The molecular weight excluding hydrogens is 352 g/mol. The maximum absolute atomic E-state index is 12.2. The van der Waals surface area contributed by atoms with Crippen LogP contribution < -0.4 is 4.72 Å². The number of nitrogens with one attached hydrogen (secondary N) is 1. The van der Waals surface area contributed by atoms with Gasteiger partial charge in [-0.05, 0) is 30.7 Å². The molecule has 0 spiro atoms. The monoisotopic (exact) mass is 372 g/mol. The Bertz CT molecular complexity index is 935. The molecule has 7 heteroatoms. The van der Waals surface area contributed by atoms with Gasteiger partial charge in [0.1, 0.15) is 0 Å². The molecular formula is C19H20N2O4S. The summed E-state index contributed by atoms with van der Waals surface area (Å²) in [5.74, 6) is 1.11. The van der Waals surface area contributed by atoms with Gasteiger partial charge < -0.3 is 9.15 Å². The van der Waals surface area contributed by atoms with Crippen molar-refractivity contribution in [1.82, 2.24) is 9.71 Å². The Morgan fingerprint density at radius 3 is 2.46 bits per heavy atom. The Hall–Kier alpha value is -2.48. The van der Waals surface area contributed by atoms with Crippen LogP contribution in [0.1, 0.15) is 6.42 Å². The largest absolute Gasteiger partial charge is 0.436 e. The summed E-state index contributed by atoms with van der Waals surface area (Å²) in [4.78, 5) is 4.48. The van der Waals surface area contributed by atoms with Crippen LogP contribution in [0.15, 0.2) is 70.1 Å². The van der Waals surface area contributed by atoms with E-state index in [-0.39, 0.29) is 4.90 Å². The molecule has 26 heavy (non-hydrogen) atoms. The lowest BCUT2D eigenvalue weighted by molar-refractivity contribution is 0.196. The van der Waals surface area contributed by atoms with Gasteiger partial charge in [0, 0.05) is 31.4 Å². The van der Waals surface area contributed by atoms with Gasteiger partial charge in [0.15, 0.2) is 5.76 Å². The average molecular weight is 372 g/mol. The van der Waals surface area contributed by atoms with Crippen LogP contribution in [0.2, 0.25) is 0 Å². The van der Waals surface area contributed by atoms with Crippen molar-refractivity contribution in [2.45, 2.75) is 11.3 Å². The number of rotatable bonds is 8. The standard InChI is InChI=1S/C19H20N2O4S/c1-24-13-5-12-21-26(22,23)17-10-8-16(9-11-17)19-20-14-18(25-19)15-6-3-2-4-7-15/h2-4,6-11,14,21H,5,12-13H2,1H3. The number of benzene rings is 2. The Morgan fingerprint density at radius 1 is 1.04 bits per heavy atom. The number of hydrogen-bond donors (Lipinski definition) is 1. The molecule has 0 amide bonds. The van der Waals surface area contributed by atoms with Gasteiger partial charge in [-0.25, -0.2) is 18.1 Å². The van der Waals surface area contributed by atoms with Crippen molar-refractivity contribution in [3.63, 3.8) is 0 Å². The summed E-state index contributed by atoms with van der Waals surface area (Å²) in [6.45, 7) is 0.841. The molecule has 3 rings (SSSR count). The summed E-state index contributed by atoms with van der Waals surface area (Å²) in [7, 11) is -1.95. The topological polar surface area (TPSA) is 81.4 Å². The number of oxazole rings is 1. The first kappa shape index (κ1) is 18.3. The van der Waals surface area contributed by atoms with Gasteiger partial charge in [0.25, 0.3) is 0 Å². The fourth-order valence-corrected chi connectivity index (χ4v) is 3.50. The van der Waals surface area contributed by atoms with E-state index in [0.29, 0.717) is 36.8 Å². The molecule has 0 aliphatic carbocycles. The first-order valence-electron chi connectivity index (χ1n) is 8.20. The van der Waals surface area contributed by atoms with Crippen molar-refractivity contribution < 1.29 is 17.6 Å². The summed E-state index contributed by atoms with van der Waals surface area (Å²) in [5.41, 5.74) is 1.65. The molecule has 2 aromatic carbocycles. The second-order valence-corrected chi connectivity index (χ2v) is 7.43. The molecule has 0 fully saturated rings. The molecule has 0 radical (unpaired) electrons. The van der Waals surface area contributed by atoms with E-state index >= 15 is 0 Å². The highest BCUT2D eigenvalue weighted by Crippen LogP contribution is 2.26.